The van der Waals surface area contributed by atoms with Crippen LogP contribution < -0.4 is 4.90 Å². The van der Waals surface area contributed by atoms with E-state index in [0.717, 1.165) is 67.5 Å². The predicted molar refractivity (Wildman–Crippen MR) is 117 cm³/mol. The summed E-state index contributed by atoms with van der Waals surface area (Å²) >= 11 is 10.0. The van der Waals surface area contributed by atoms with Crippen LogP contribution in [-0.4, -0.2) is 41.3 Å². The van der Waals surface area contributed by atoms with E-state index in [4.69, 9.17) is 16.3 Å². The molecule has 1 aromatic carbocycles. The van der Waals surface area contributed by atoms with Gasteiger partial charge in [-0.3, -0.25) is 0 Å². The predicted octanol–water partition coefficient (Wildman–Crippen LogP) is 6.18. The summed E-state index contributed by atoms with van der Waals surface area (Å²) in [6, 6.07) is 4.58. The van der Waals surface area contributed by atoms with Crippen molar-refractivity contribution < 1.29 is 9.53 Å². The number of benzene rings is 1. The molecule has 0 N–H and O–H groups in total. The van der Waals surface area contributed by atoms with Crippen LogP contribution in [0.5, 0.6) is 0 Å². The summed E-state index contributed by atoms with van der Waals surface area (Å²) in [4.78, 5) is 17.5. The minimum atomic E-state index is -0.450. The van der Waals surface area contributed by atoms with Gasteiger partial charge in [0.2, 0.25) is 0 Å². The van der Waals surface area contributed by atoms with E-state index in [1.807, 2.05) is 31.7 Å². The molecule has 1 aliphatic carbocycles. The van der Waals surface area contributed by atoms with E-state index in [9.17, 15) is 4.79 Å². The zero-order chi connectivity index (χ0) is 20.1. The van der Waals surface area contributed by atoms with E-state index in [0.29, 0.717) is 6.04 Å². The lowest BCUT2D eigenvalue weighted by atomic mass is 9.93. The van der Waals surface area contributed by atoms with Crippen LogP contribution in [-0.2, 0) is 11.2 Å². The molecule has 4 rings (SSSR count). The second-order valence-electron chi connectivity index (χ2n) is 9.55. The quantitative estimate of drug-likeness (QED) is 0.492. The highest BCUT2D eigenvalue weighted by molar-refractivity contribution is 9.10. The van der Waals surface area contributed by atoms with Crippen molar-refractivity contribution >= 4 is 39.3 Å². The van der Waals surface area contributed by atoms with Crippen LogP contribution in [0.25, 0.3) is 0 Å². The van der Waals surface area contributed by atoms with Crippen molar-refractivity contribution in [1.82, 2.24) is 4.90 Å². The zero-order valence-corrected chi connectivity index (χ0v) is 19.4. The van der Waals surface area contributed by atoms with E-state index < -0.39 is 5.60 Å². The first-order chi connectivity index (χ1) is 13.2. The number of fused-ring (bicyclic) bond motifs is 1. The summed E-state index contributed by atoms with van der Waals surface area (Å²) in [7, 11) is 0. The molecule has 6 heteroatoms. The molecular weight excluding hydrogens is 440 g/mol. The largest absolute Gasteiger partial charge is 0.444 e. The number of nitrogens with zero attached hydrogens (tertiary/aromatic N) is 2. The normalized spacial score (nSPS) is 27.4. The molecule has 28 heavy (non-hydrogen) atoms. The number of amides is 1. The summed E-state index contributed by atoms with van der Waals surface area (Å²) in [6.45, 7) is 7.72. The Balaban J connectivity index is 1.56. The Hall–Kier alpha value is -0.940. The number of ether oxygens (including phenoxy) is 1. The molecule has 154 valence electrons. The SMILES string of the molecule is CC(C)(C)OC(=O)N1CCCC12CCC(N1CCCc3cc(Cl)cc(Br)c31)C2. The molecule has 1 amide bonds. The molecule has 1 saturated carbocycles. The number of carbonyl (C=O) groups is 1. The molecule has 2 heterocycles. The van der Waals surface area contributed by atoms with Gasteiger partial charge in [0.15, 0.2) is 0 Å². The standard InChI is InChI=1S/C22H30BrClN2O2/c1-21(2,3)28-20(27)26-11-5-8-22(26)9-7-17(14-22)25-10-4-6-15-12-16(24)13-18(23)19(15)25/h12-13,17H,4-11,14H2,1-3H3. The fraction of sp³-hybridized carbons (Fsp3) is 0.682. The van der Waals surface area contributed by atoms with Crippen molar-refractivity contribution in [3.05, 3.63) is 27.2 Å². The second kappa shape index (κ2) is 7.39. The number of likely N-dealkylation sites (tertiary alicyclic amines) is 1. The Labute approximate surface area is 181 Å². The Morgan fingerprint density at radius 3 is 2.79 bits per heavy atom. The highest BCUT2D eigenvalue weighted by atomic mass is 79.9. The molecule has 2 aliphatic heterocycles. The number of carbonyl (C=O) groups excluding carboxylic acids is 1. The molecule has 3 aliphatic rings. The highest BCUT2D eigenvalue weighted by Gasteiger charge is 2.51. The number of rotatable bonds is 1. The van der Waals surface area contributed by atoms with Crippen LogP contribution in [0.1, 0.15) is 64.9 Å². The third-order valence-electron chi connectivity index (χ3n) is 6.45. The summed E-state index contributed by atoms with van der Waals surface area (Å²) in [5.41, 5.74) is 2.15. The van der Waals surface area contributed by atoms with Gasteiger partial charge in [-0.1, -0.05) is 11.6 Å². The maximum Gasteiger partial charge on any atom is 0.410 e. The maximum absolute atomic E-state index is 12.9. The van der Waals surface area contributed by atoms with Gasteiger partial charge in [0.25, 0.3) is 0 Å². The van der Waals surface area contributed by atoms with E-state index >= 15 is 0 Å². The molecule has 2 fully saturated rings. The molecular formula is C22H30BrClN2O2. The van der Waals surface area contributed by atoms with Crippen LogP contribution in [0.4, 0.5) is 10.5 Å². The first-order valence-electron chi connectivity index (χ1n) is 10.4. The third kappa shape index (κ3) is 3.77. The Kier molecular flexibility index (Phi) is 5.37. The van der Waals surface area contributed by atoms with E-state index in [1.165, 1.54) is 11.3 Å². The second-order valence-corrected chi connectivity index (χ2v) is 10.8. The minimum absolute atomic E-state index is 0.0382. The molecule has 1 saturated heterocycles. The van der Waals surface area contributed by atoms with Crippen molar-refractivity contribution in [2.24, 2.45) is 0 Å². The first kappa shape index (κ1) is 20.3. The van der Waals surface area contributed by atoms with Gasteiger partial charge >= 0.3 is 6.09 Å². The third-order valence-corrected chi connectivity index (χ3v) is 7.27. The Bertz CT molecular complexity index is 779. The van der Waals surface area contributed by atoms with Crippen molar-refractivity contribution in [1.29, 1.82) is 0 Å². The average molecular weight is 470 g/mol. The lowest BCUT2D eigenvalue weighted by Gasteiger charge is -2.40. The molecule has 2 unspecified atom stereocenters. The van der Waals surface area contributed by atoms with Gasteiger partial charge in [0.1, 0.15) is 5.60 Å². The van der Waals surface area contributed by atoms with Crippen molar-refractivity contribution in [3.8, 4) is 0 Å². The van der Waals surface area contributed by atoms with Crippen molar-refractivity contribution in [2.45, 2.75) is 82.9 Å². The van der Waals surface area contributed by atoms with Crippen LogP contribution in [0, 0.1) is 0 Å². The average Bonchev–Trinajstić information content (AvgIpc) is 3.20. The number of halogens is 2. The van der Waals surface area contributed by atoms with E-state index in [-0.39, 0.29) is 11.6 Å². The topological polar surface area (TPSA) is 32.8 Å². The number of hydrogen-bond acceptors (Lipinski definition) is 3. The summed E-state index contributed by atoms with van der Waals surface area (Å²) in [6.07, 6.45) is 7.46. The smallest absolute Gasteiger partial charge is 0.410 e. The van der Waals surface area contributed by atoms with E-state index in [1.54, 1.807) is 0 Å². The highest BCUT2D eigenvalue weighted by Crippen LogP contribution is 2.48. The maximum atomic E-state index is 12.9. The van der Waals surface area contributed by atoms with Gasteiger partial charge < -0.3 is 14.5 Å². The van der Waals surface area contributed by atoms with Crippen LogP contribution >= 0.6 is 27.5 Å². The van der Waals surface area contributed by atoms with Gasteiger partial charge in [0.05, 0.1) is 5.69 Å². The lowest BCUT2D eigenvalue weighted by molar-refractivity contribution is 0.00858. The van der Waals surface area contributed by atoms with Crippen LogP contribution in [0.2, 0.25) is 5.02 Å². The van der Waals surface area contributed by atoms with Gasteiger partial charge in [-0.05, 0) is 99.3 Å². The summed E-state index contributed by atoms with van der Waals surface area (Å²) < 4.78 is 6.82. The Morgan fingerprint density at radius 1 is 1.25 bits per heavy atom. The van der Waals surface area contributed by atoms with Gasteiger partial charge in [-0.15, -0.1) is 0 Å². The van der Waals surface area contributed by atoms with Crippen molar-refractivity contribution in [3.63, 3.8) is 0 Å². The molecule has 4 nitrogen and oxygen atoms in total. The minimum Gasteiger partial charge on any atom is -0.444 e. The fourth-order valence-corrected chi connectivity index (χ4v) is 6.51. The molecule has 2 atom stereocenters. The summed E-state index contributed by atoms with van der Waals surface area (Å²) in [5, 5.41) is 0.794. The molecule has 1 aromatic rings. The number of hydrogen-bond donors (Lipinski definition) is 0. The number of aryl methyl sites for hydroxylation is 1. The number of anilines is 1. The fourth-order valence-electron chi connectivity index (χ4n) is 5.40. The van der Waals surface area contributed by atoms with E-state index in [2.05, 4.69) is 26.9 Å². The van der Waals surface area contributed by atoms with Gasteiger partial charge in [0, 0.05) is 34.2 Å². The molecule has 1 spiro atoms. The van der Waals surface area contributed by atoms with Gasteiger partial charge in [-0.25, -0.2) is 4.79 Å². The molecule has 0 bridgehead atoms. The first-order valence-corrected chi connectivity index (χ1v) is 11.6. The van der Waals surface area contributed by atoms with Crippen LogP contribution in [0.15, 0.2) is 16.6 Å². The van der Waals surface area contributed by atoms with Gasteiger partial charge in [-0.2, -0.15) is 0 Å². The van der Waals surface area contributed by atoms with Crippen molar-refractivity contribution in [2.75, 3.05) is 18.0 Å². The zero-order valence-electron chi connectivity index (χ0n) is 17.1. The lowest BCUT2D eigenvalue weighted by Crippen LogP contribution is -2.49. The van der Waals surface area contributed by atoms with Crippen LogP contribution in [0.3, 0.4) is 0 Å². The summed E-state index contributed by atoms with van der Waals surface area (Å²) in [5.74, 6) is 0. The Morgan fingerprint density at radius 2 is 2.04 bits per heavy atom. The monoisotopic (exact) mass is 468 g/mol. The molecule has 0 aromatic heterocycles. The molecule has 0 radical (unpaired) electrons.